The van der Waals surface area contributed by atoms with Crippen LogP contribution in [0.15, 0.2) is 70.8 Å². The molecule has 0 fully saturated rings. The minimum Gasteiger partial charge on any atom is -0.358 e. The number of carbonyl (C=O) groups excluding carboxylic acids is 1. The summed E-state index contributed by atoms with van der Waals surface area (Å²) < 4.78 is 0. The van der Waals surface area contributed by atoms with Crippen LogP contribution in [-0.4, -0.2) is 5.78 Å². The Morgan fingerprint density at radius 1 is 1.05 bits per heavy atom. The van der Waals surface area contributed by atoms with Gasteiger partial charge in [-0.2, -0.15) is 0 Å². The number of benzene rings is 2. The SMILES string of the molecule is CC(=O)C1=C(C)Nc2ccccc2SC1c1ccccc1. The van der Waals surface area contributed by atoms with Gasteiger partial charge >= 0.3 is 0 Å². The minimum absolute atomic E-state index is 0.0276. The number of anilines is 1. The van der Waals surface area contributed by atoms with Gasteiger partial charge in [0.1, 0.15) is 0 Å². The Balaban J connectivity index is 2.15. The second-order valence-electron chi connectivity index (χ2n) is 5.12. The molecule has 0 saturated heterocycles. The molecular weight excluding hydrogens is 278 g/mol. The van der Waals surface area contributed by atoms with Crippen molar-refractivity contribution >= 4 is 23.2 Å². The third kappa shape index (κ3) is 2.74. The predicted molar refractivity (Wildman–Crippen MR) is 88.5 cm³/mol. The smallest absolute Gasteiger partial charge is 0.159 e. The Morgan fingerprint density at radius 3 is 2.43 bits per heavy atom. The summed E-state index contributed by atoms with van der Waals surface area (Å²) in [7, 11) is 0. The van der Waals surface area contributed by atoms with Gasteiger partial charge in [0.2, 0.25) is 0 Å². The number of ketones is 1. The van der Waals surface area contributed by atoms with E-state index in [4.69, 9.17) is 0 Å². The lowest BCUT2D eigenvalue weighted by atomic mass is 10.00. The van der Waals surface area contributed by atoms with Crippen molar-refractivity contribution in [1.82, 2.24) is 0 Å². The average Bonchev–Trinajstić information content (AvgIpc) is 2.63. The van der Waals surface area contributed by atoms with E-state index in [0.29, 0.717) is 0 Å². The Kier molecular flexibility index (Phi) is 3.84. The zero-order valence-corrected chi connectivity index (χ0v) is 12.9. The number of hydrogen-bond donors (Lipinski definition) is 1. The van der Waals surface area contributed by atoms with Gasteiger partial charge in [0.05, 0.1) is 10.9 Å². The van der Waals surface area contributed by atoms with E-state index in [-0.39, 0.29) is 11.0 Å². The summed E-state index contributed by atoms with van der Waals surface area (Å²) in [4.78, 5) is 13.4. The van der Waals surface area contributed by atoms with Crippen molar-refractivity contribution in [2.24, 2.45) is 0 Å². The molecule has 0 saturated carbocycles. The molecule has 1 atom stereocenters. The number of Topliss-reactive ketones (excluding diaryl/α,β-unsaturated/α-hetero) is 1. The highest BCUT2D eigenvalue weighted by molar-refractivity contribution is 8.00. The van der Waals surface area contributed by atoms with Crippen LogP contribution in [0.2, 0.25) is 0 Å². The molecule has 0 aromatic heterocycles. The molecule has 1 aliphatic rings. The van der Waals surface area contributed by atoms with Gasteiger partial charge in [-0.25, -0.2) is 0 Å². The lowest BCUT2D eigenvalue weighted by molar-refractivity contribution is -0.113. The van der Waals surface area contributed by atoms with Crippen LogP contribution < -0.4 is 5.32 Å². The van der Waals surface area contributed by atoms with Crippen LogP contribution in [0.1, 0.15) is 24.7 Å². The molecule has 0 aliphatic carbocycles. The number of rotatable bonds is 2. The third-order valence-electron chi connectivity index (χ3n) is 3.60. The van der Waals surface area contributed by atoms with Gasteiger partial charge in [-0.1, -0.05) is 42.5 Å². The van der Waals surface area contributed by atoms with Crippen LogP contribution in [0.5, 0.6) is 0 Å². The molecule has 0 radical (unpaired) electrons. The van der Waals surface area contributed by atoms with Crippen LogP contribution in [0, 0.1) is 0 Å². The Morgan fingerprint density at radius 2 is 1.71 bits per heavy atom. The van der Waals surface area contributed by atoms with Crippen molar-refractivity contribution in [3.8, 4) is 0 Å². The van der Waals surface area contributed by atoms with E-state index in [1.54, 1.807) is 18.7 Å². The van der Waals surface area contributed by atoms with Crippen molar-refractivity contribution in [1.29, 1.82) is 0 Å². The molecule has 3 rings (SSSR count). The first kappa shape index (κ1) is 14.0. The molecule has 1 unspecified atom stereocenters. The number of allylic oxidation sites excluding steroid dienone is 1. The maximum atomic E-state index is 12.2. The Hall–Kier alpha value is -2.00. The molecule has 2 aromatic rings. The van der Waals surface area contributed by atoms with Crippen LogP contribution >= 0.6 is 11.8 Å². The maximum absolute atomic E-state index is 12.2. The summed E-state index contributed by atoms with van der Waals surface area (Å²) in [6.45, 7) is 3.63. The molecule has 2 nitrogen and oxygen atoms in total. The maximum Gasteiger partial charge on any atom is 0.159 e. The van der Waals surface area contributed by atoms with E-state index in [2.05, 4.69) is 29.6 Å². The molecule has 1 heterocycles. The second-order valence-corrected chi connectivity index (χ2v) is 6.27. The fraction of sp³-hybridized carbons (Fsp3) is 0.167. The van der Waals surface area contributed by atoms with Crippen LogP contribution in [-0.2, 0) is 4.79 Å². The summed E-state index contributed by atoms with van der Waals surface area (Å²) in [5, 5.41) is 3.42. The molecule has 1 N–H and O–H groups in total. The molecule has 0 bridgehead atoms. The van der Waals surface area contributed by atoms with Gasteiger partial charge in [0.25, 0.3) is 0 Å². The van der Waals surface area contributed by atoms with Gasteiger partial charge in [-0.3, -0.25) is 4.79 Å². The first-order valence-electron chi connectivity index (χ1n) is 6.96. The van der Waals surface area contributed by atoms with Crippen LogP contribution in [0.3, 0.4) is 0 Å². The standard InChI is InChI=1S/C18H17NOS/c1-12-17(13(2)20)18(14-8-4-3-5-9-14)21-16-11-7-6-10-15(16)19-12/h3-11,18-19H,1-2H3. The summed E-state index contributed by atoms with van der Waals surface area (Å²) >= 11 is 1.73. The molecule has 2 aromatic carbocycles. The summed E-state index contributed by atoms with van der Waals surface area (Å²) in [5.74, 6) is 0.120. The Labute approximate surface area is 129 Å². The first-order chi connectivity index (χ1) is 10.2. The van der Waals surface area contributed by atoms with Gasteiger partial charge in [0, 0.05) is 16.2 Å². The summed E-state index contributed by atoms with van der Waals surface area (Å²) in [6, 6.07) is 18.4. The number of fused-ring (bicyclic) bond motifs is 1. The highest BCUT2D eigenvalue weighted by atomic mass is 32.2. The minimum atomic E-state index is 0.0276. The number of carbonyl (C=O) groups is 1. The largest absolute Gasteiger partial charge is 0.358 e. The molecular formula is C18H17NOS. The fourth-order valence-electron chi connectivity index (χ4n) is 2.64. The van der Waals surface area contributed by atoms with E-state index in [1.165, 1.54) is 4.90 Å². The number of para-hydroxylation sites is 1. The van der Waals surface area contributed by atoms with E-state index in [9.17, 15) is 4.79 Å². The third-order valence-corrected chi connectivity index (χ3v) is 4.96. The van der Waals surface area contributed by atoms with Crippen molar-refractivity contribution < 1.29 is 4.79 Å². The quantitative estimate of drug-likeness (QED) is 0.862. The van der Waals surface area contributed by atoms with Crippen molar-refractivity contribution in [3.05, 3.63) is 71.4 Å². The highest BCUT2D eigenvalue weighted by Crippen LogP contribution is 2.47. The second kappa shape index (κ2) is 5.78. The monoisotopic (exact) mass is 295 g/mol. The number of hydrogen-bond acceptors (Lipinski definition) is 3. The van der Waals surface area contributed by atoms with Gasteiger partial charge in [-0.15, -0.1) is 11.8 Å². The number of nitrogens with one attached hydrogen (secondary N) is 1. The van der Waals surface area contributed by atoms with Crippen LogP contribution in [0.25, 0.3) is 0 Å². The van der Waals surface area contributed by atoms with E-state index in [0.717, 1.165) is 22.5 Å². The molecule has 21 heavy (non-hydrogen) atoms. The highest BCUT2D eigenvalue weighted by Gasteiger charge is 2.27. The topological polar surface area (TPSA) is 29.1 Å². The van der Waals surface area contributed by atoms with E-state index >= 15 is 0 Å². The fourth-order valence-corrected chi connectivity index (χ4v) is 4.05. The van der Waals surface area contributed by atoms with Gasteiger partial charge in [-0.05, 0) is 31.5 Å². The summed E-state index contributed by atoms with van der Waals surface area (Å²) in [5.41, 5.74) is 4.01. The zero-order valence-electron chi connectivity index (χ0n) is 12.1. The molecule has 0 spiro atoms. The predicted octanol–water partition coefficient (Wildman–Crippen LogP) is 4.81. The first-order valence-corrected chi connectivity index (χ1v) is 7.84. The molecule has 106 valence electrons. The lowest BCUT2D eigenvalue weighted by Crippen LogP contribution is -2.10. The molecule has 0 amide bonds. The summed E-state index contributed by atoms with van der Waals surface area (Å²) in [6.07, 6.45) is 0. The van der Waals surface area contributed by atoms with Crippen molar-refractivity contribution in [2.45, 2.75) is 24.0 Å². The van der Waals surface area contributed by atoms with Gasteiger partial charge < -0.3 is 5.32 Å². The van der Waals surface area contributed by atoms with Crippen molar-refractivity contribution in [3.63, 3.8) is 0 Å². The molecule has 1 aliphatic heterocycles. The van der Waals surface area contributed by atoms with Crippen molar-refractivity contribution in [2.75, 3.05) is 5.32 Å². The van der Waals surface area contributed by atoms with Gasteiger partial charge in [0.15, 0.2) is 5.78 Å². The normalized spacial score (nSPS) is 17.7. The number of thioether (sulfide) groups is 1. The Bertz CT molecular complexity index is 706. The average molecular weight is 295 g/mol. The zero-order chi connectivity index (χ0) is 14.8. The van der Waals surface area contributed by atoms with Crippen LogP contribution in [0.4, 0.5) is 5.69 Å². The van der Waals surface area contributed by atoms with E-state index in [1.807, 2.05) is 37.3 Å². The van der Waals surface area contributed by atoms with E-state index < -0.39 is 0 Å². The lowest BCUT2D eigenvalue weighted by Gasteiger charge is -2.18. The molecule has 3 heteroatoms.